The van der Waals surface area contributed by atoms with Crippen LogP contribution in [0.5, 0.6) is 0 Å². The van der Waals surface area contributed by atoms with E-state index in [1.807, 2.05) is 19.1 Å². The molecule has 2 heterocycles. The highest BCUT2D eigenvalue weighted by molar-refractivity contribution is 7.15. The summed E-state index contributed by atoms with van der Waals surface area (Å²) in [6.07, 6.45) is 3.64. The summed E-state index contributed by atoms with van der Waals surface area (Å²) in [5.41, 5.74) is 6.92. The van der Waals surface area contributed by atoms with Gasteiger partial charge in [0, 0.05) is 23.0 Å². The van der Waals surface area contributed by atoms with Crippen molar-refractivity contribution in [3.8, 4) is 0 Å². The summed E-state index contributed by atoms with van der Waals surface area (Å²) < 4.78 is 0. The molecule has 17 heavy (non-hydrogen) atoms. The van der Waals surface area contributed by atoms with E-state index in [1.54, 1.807) is 12.4 Å². The number of nitrogens with zero attached hydrogens (tertiary/aromatic N) is 2. The topological polar surface area (TPSA) is 80.9 Å². The Balaban J connectivity index is 2.15. The minimum Gasteiger partial charge on any atom is -0.369 e. The van der Waals surface area contributed by atoms with Gasteiger partial charge in [0.15, 0.2) is 5.13 Å². The molecule has 0 unspecified atom stereocenters. The molecule has 5 nitrogen and oxygen atoms in total. The average molecular weight is 248 g/mol. The van der Waals surface area contributed by atoms with Crippen LogP contribution in [0.15, 0.2) is 24.5 Å². The fourth-order valence-corrected chi connectivity index (χ4v) is 2.36. The third-order valence-electron chi connectivity index (χ3n) is 2.16. The van der Waals surface area contributed by atoms with E-state index in [9.17, 15) is 4.79 Å². The minimum absolute atomic E-state index is 0.238. The Hall–Kier alpha value is -1.95. The Morgan fingerprint density at radius 3 is 2.82 bits per heavy atom. The number of nitrogens with one attached hydrogen (secondary N) is 1. The molecule has 0 aliphatic heterocycles. The zero-order valence-corrected chi connectivity index (χ0v) is 10.1. The molecule has 0 spiro atoms. The lowest BCUT2D eigenvalue weighted by molar-refractivity contribution is -0.117. The number of amides is 1. The molecule has 0 saturated carbocycles. The molecule has 0 aliphatic rings. The van der Waals surface area contributed by atoms with Crippen LogP contribution in [0.1, 0.15) is 10.6 Å². The second-order valence-electron chi connectivity index (χ2n) is 3.53. The van der Waals surface area contributed by atoms with Crippen LogP contribution in [0.25, 0.3) is 0 Å². The molecule has 88 valence electrons. The number of hydrogen-bond acceptors (Lipinski definition) is 5. The molecule has 0 bridgehead atoms. The predicted octanol–water partition coefficient (Wildman–Crippen LogP) is 1.62. The second-order valence-corrected chi connectivity index (χ2v) is 4.62. The van der Waals surface area contributed by atoms with E-state index < -0.39 is 0 Å². The normalized spacial score (nSPS) is 10.2. The van der Waals surface area contributed by atoms with Crippen molar-refractivity contribution in [2.24, 2.45) is 5.73 Å². The zero-order valence-electron chi connectivity index (χ0n) is 9.30. The summed E-state index contributed by atoms with van der Waals surface area (Å²) in [7, 11) is 0. The number of hydrogen-bond donors (Lipinski definition) is 2. The smallest absolute Gasteiger partial charge is 0.222 e. The third kappa shape index (κ3) is 3.01. The summed E-state index contributed by atoms with van der Waals surface area (Å²) in [4.78, 5) is 20.0. The Morgan fingerprint density at radius 2 is 2.18 bits per heavy atom. The molecule has 0 saturated heterocycles. The van der Waals surface area contributed by atoms with Gasteiger partial charge in [-0.05, 0) is 19.1 Å². The third-order valence-corrected chi connectivity index (χ3v) is 3.23. The minimum atomic E-state index is -0.341. The van der Waals surface area contributed by atoms with Crippen molar-refractivity contribution >= 4 is 28.1 Å². The average Bonchev–Trinajstić information content (AvgIpc) is 2.59. The van der Waals surface area contributed by atoms with E-state index in [-0.39, 0.29) is 12.3 Å². The zero-order chi connectivity index (χ0) is 12.3. The summed E-state index contributed by atoms with van der Waals surface area (Å²) >= 11 is 1.44. The van der Waals surface area contributed by atoms with Crippen molar-refractivity contribution < 1.29 is 4.79 Å². The second kappa shape index (κ2) is 4.92. The van der Waals surface area contributed by atoms with Gasteiger partial charge in [-0.25, -0.2) is 4.98 Å². The Bertz CT molecular complexity index is 524. The standard InChI is InChI=1S/C11H12N4OS/c1-7-9(6-10(12)16)17-11(14-7)15-8-2-4-13-5-3-8/h2-5H,6H2,1H3,(H2,12,16)(H,13,14,15). The molecule has 2 aromatic heterocycles. The van der Waals surface area contributed by atoms with Crippen LogP contribution in [0, 0.1) is 6.92 Å². The van der Waals surface area contributed by atoms with Crippen molar-refractivity contribution in [2.45, 2.75) is 13.3 Å². The Labute approximate surface area is 103 Å². The van der Waals surface area contributed by atoms with E-state index >= 15 is 0 Å². The lowest BCUT2D eigenvalue weighted by Gasteiger charge is -1.99. The van der Waals surface area contributed by atoms with Crippen molar-refractivity contribution in [3.63, 3.8) is 0 Å². The molecule has 0 atom stereocenters. The fraction of sp³-hybridized carbons (Fsp3) is 0.182. The summed E-state index contributed by atoms with van der Waals surface area (Å²) in [6, 6.07) is 3.70. The van der Waals surface area contributed by atoms with Crippen molar-refractivity contribution in [2.75, 3.05) is 5.32 Å². The van der Waals surface area contributed by atoms with Crippen molar-refractivity contribution in [1.29, 1.82) is 0 Å². The number of carbonyl (C=O) groups is 1. The SMILES string of the molecule is Cc1nc(Nc2ccncc2)sc1CC(N)=O. The lowest BCUT2D eigenvalue weighted by atomic mass is 10.3. The van der Waals surface area contributed by atoms with E-state index in [0.29, 0.717) is 0 Å². The molecule has 2 rings (SSSR count). The van der Waals surface area contributed by atoms with Gasteiger partial charge in [-0.15, -0.1) is 11.3 Å². The van der Waals surface area contributed by atoms with Gasteiger partial charge in [0.2, 0.25) is 5.91 Å². The van der Waals surface area contributed by atoms with E-state index in [2.05, 4.69) is 15.3 Å². The van der Waals surface area contributed by atoms with Crippen LogP contribution in [0.2, 0.25) is 0 Å². The van der Waals surface area contributed by atoms with E-state index in [1.165, 1.54) is 11.3 Å². The number of anilines is 2. The highest BCUT2D eigenvalue weighted by Crippen LogP contribution is 2.25. The number of thiazole rings is 1. The molecular formula is C11H12N4OS. The molecule has 3 N–H and O–H groups in total. The Morgan fingerprint density at radius 1 is 1.47 bits per heavy atom. The van der Waals surface area contributed by atoms with E-state index in [0.717, 1.165) is 21.4 Å². The van der Waals surface area contributed by atoms with Crippen LogP contribution in [-0.4, -0.2) is 15.9 Å². The van der Waals surface area contributed by atoms with Crippen LogP contribution in [0.3, 0.4) is 0 Å². The molecule has 0 aliphatic carbocycles. The monoisotopic (exact) mass is 248 g/mol. The first kappa shape index (κ1) is 11.5. The molecule has 6 heteroatoms. The van der Waals surface area contributed by atoms with Crippen LogP contribution < -0.4 is 11.1 Å². The molecule has 0 radical (unpaired) electrons. The Kier molecular flexibility index (Phi) is 3.34. The van der Waals surface area contributed by atoms with Gasteiger partial charge in [0.25, 0.3) is 0 Å². The van der Waals surface area contributed by atoms with Gasteiger partial charge in [-0.3, -0.25) is 9.78 Å². The molecule has 2 aromatic rings. The lowest BCUT2D eigenvalue weighted by Crippen LogP contribution is -2.13. The number of rotatable bonds is 4. The van der Waals surface area contributed by atoms with Gasteiger partial charge >= 0.3 is 0 Å². The number of aromatic nitrogens is 2. The summed E-state index contributed by atoms with van der Waals surface area (Å²) in [5, 5.41) is 3.91. The maximum absolute atomic E-state index is 10.9. The molecular weight excluding hydrogens is 236 g/mol. The van der Waals surface area contributed by atoms with Crippen LogP contribution in [-0.2, 0) is 11.2 Å². The van der Waals surface area contributed by atoms with Gasteiger partial charge in [-0.2, -0.15) is 0 Å². The summed E-state index contributed by atoms with van der Waals surface area (Å²) in [6.45, 7) is 1.87. The number of primary amides is 1. The van der Waals surface area contributed by atoms with Gasteiger partial charge in [0.05, 0.1) is 12.1 Å². The van der Waals surface area contributed by atoms with Gasteiger partial charge in [0.1, 0.15) is 0 Å². The van der Waals surface area contributed by atoms with Crippen molar-refractivity contribution in [3.05, 3.63) is 35.1 Å². The van der Waals surface area contributed by atoms with Gasteiger partial charge in [-0.1, -0.05) is 0 Å². The number of carbonyl (C=O) groups excluding carboxylic acids is 1. The predicted molar refractivity (Wildman–Crippen MR) is 67.3 cm³/mol. The number of nitrogens with two attached hydrogens (primary N) is 1. The highest BCUT2D eigenvalue weighted by atomic mass is 32.1. The van der Waals surface area contributed by atoms with Crippen LogP contribution >= 0.6 is 11.3 Å². The number of aryl methyl sites for hydroxylation is 1. The first-order chi connectivity index (χ1) is 8.15. The maximum atomic E-state index is 10.9. The quantitative estimate of drug-likeness (QED) is 0.861. The number of pyridine rings is 1. The first-order valence-corrected chi connectivity index (χ1v) is 5.88. The first-order valence-electron chi connectivity index (χ1n) is 5.07. The molecule has 1 amide bonds. The van der Waals surface area contributed by atoms with Crippen molar-refractivity contribution in [1.82, 2.24) is 9.97 Å². The highest BCUT2D eigenvalue weighted by Gasteiger charge is 2.09. The maximum Gasteiger partial charge on any atom is 0.222 e. The molecule has 0 fully saturated rings. The fourth-order valence-electron chi connectivity index (χ4n) is 1.36. The summed E-state index contributed by atoms with van der Waals surface area (Å²) in [5.74, 6) is -0.341. The van der Waals surface area contributed by atoms with E-state index in [4.69, 9.17) is 5.73 Å². The van der Waals surface area contributed by atoms with Gasteiger partial charge < -0.3 is 11.1 Å². The van der Waals surface area contributed by atoms with Crippen LogP contribution in [0.4, 0.5) is 10.8 Å². The molecule has 0 aromatic carbocycles. The largest absolute Gasteiger partial charge is 0.369 e.